The van der Waals surface area contributed by atoms with Crippen LogP contribution in [0.5, 0.6) is 0 Å². The molecular formula is C15H22ClN3O. The Morgan fingerprint density at radius 1 is 1.50 bits per heavy atom. The van der Waals surface area contributed by atoms with Crippen molar-refractivity contribution in [3.63, 3.8) is 0 Å². The van der Waals surface area contributed by atoms with Gasteiger partial charge in [-0.05, 0) is 37.1 Å². The van der Waals surface area contributed by atoms with Crippen LogP contribution in [0.1, 0.15) is 25.3 Å². The molecule has 2 N–H and O–H groups in total. The van der Waals surface area contributed by atoms with Crippen LogP contribution in [0.15, 0.2) is 18.2 Å². The van der Waals surface area contributed by atoms with Crippen molar-refractivity contribution >= 4 is 23.2 Å². The van der Waals surface area contributed by atoms with Crippen molar-refractivity contribution in [2.45, 2.75) is 32.4 Å². The minimum Gasteiger partial charge on any atom is -0.359 e. The zero-order chi connectivity index (χ0) is 14.5. The third kappa shape index (κ3) is 3.25. The maximum atomic E-state index is 12.0. The molecule has 0 aliphatic carbocycles. The number of hydrogen-bond donors (Lipinski definition) is 2. The molecule has 1 heterocycles. The van der Waals surface area contributed by atoms with Gasteiger partial charge in [0.15, 0.2) is 0 Å². The van der Waals surface area contributed by atoms with Crippen molar-refractivity contribution < 1.29 is 4.79 Å². The molecule has 5 heteroatoms. The fraction of sp³-hybridized carbons (Fsp3) is 0.533. The van der Waals surface area contributed by atoms with Gasteiger partial charge in [0.25, 0.3) is 0 Å². The van der Waals surface area contributed by atoms with E-state index in [0.29, 0.717) is 5.02 Å². The quantitative estimate of drug-likeness (QED) is 0.875. The summed E-state index contributed by atoms with van der Waals surface area (Å²) in [5, 5.41) is 6.80. The Bertz CT molecular complexity index is 478. The third-order valence-corrected chi connectivity index (χ3v) is 3.96. The molecule has 1 atom stereocenters. The summed E-state index contributed by atoms with van der Waals surface area (Å²) in [4.78, 5) is 14.2. The SMILES string of the molecule is CCNCc1ccc(Cl)cc1N1CCCC1C(=O)NC. The van der Waals surface area contributed by atoms with E-state index in [2.05, 4.69) is 22.5 Å². The second-order valence-corrected chi connectivity index (χ2v) is 5.46. The normalized spacial score (nSPS) is 18.4. The molecule has 1 fully saturated rings. The maximum Gasteiger partial charge on any atom is 0.242 e. The Morgan fingerprint density at radius 3 is 3.00 bits per heavy atom. The summed E-state index contributed by atoms with van der Waals surface area (Å²) >= 11 is 6.14. The molecule has 1 saturated heterocycles. The van der Waals surface area contributed by atoms with Gasteiger partial charge in [-0.3, -0.25) is 4.79 Å². The zero-order valence-electron chi connectivity index (χ0n) is 12.1. The Morgan fingerprint density at radius 2 is 2.30 bits per heavy atom. The first-order chi connectivity index (χ1) is 9.67. The number of carbonyl (C=O) groups is 1. The van der Waals surface area contributed by atoms with Crippen LogP contribution in [-0.4, -0.2) is 32.1 Å². The Kier molecular flexibility index (Phi) is 5.26. The lowest BCUT2D eigenvalue weighted by Crippen LogP contribution is -2.42. The van der Waals surface area contributed by atoms with E-state index in [1.807, 2.05) is 18.2 Å². The van der Waals surface area contributed by atoms with E-state index in [9.17, 15) is 4.79 Å². The number of benzene rings is 1. The highest BCUT2D eigenvalue weighted by Crippen LogP contribution is 2.31. The van der Waals surface area contributed by atoms with Crippen LogP contribution in [0.3, 0.4) is 0 Å². The topological polar surface area (TPSA) is 44.4 Å². The monoisotopic (exact) mass is 295 g/mol. The van der Waals surface area contributed by atoms with E-state index in [0.717, 1.165) is 38.2 Å². The lowest BCUT2D eigenvalue weighted by molar-refractivity contribution is -0.121. The van der Waals surface area contributed by atoms with E-state index in [-0.39, 0.29) is 11.9 Å². The molecule has 0 spiro atoms. The highest BCUT2D eigenvalue weighted by atomic mass is 35.5. The van der Waals surface area contributed by atoms with Gasteiger partial charge in [-0.2, -0.15) is 0 Å². The molecule has 1 aromatic rings. The highest BCUT2D eigenvalue weighted by molar-refractivity contribution is 6.30. The van der Waals surface area contributed by atoms with Crippen LogP contribution in [0.25, 0.3) is 0 Å². The summed E-state index contributed by atoms with van der Waals surface area (Å²) in [6.07, 6.45) is 1.93. The van der Waals surface area contributed by atoms with E-state index in [1.54, 1.807) is 7.05 Å². The molecule has 0 aromatic heterocycles. The first kappa shape index (κ1) is 15.1. The molecule has 20 heavy (non-hydrogen) atoms. The number of likely N-dealkylation sites (N-methyl/N-ethyl adjacent to an activating group) is 1. The van der Waals surface area contributed by atoms with E-state index in [1.165, 1.54) is 5.56 Å². The van der Waals surface area contributed by atoms with Gasteiger partial charge in [-0.1, -0.05) is 24.6 Å². The first-order valence-electron chi connectivity index (χ1n) is 7.14. The standard InChI is InChI=1S/C15H22ClN3O/c1-3-18-10-11-6-7-12(16)9-14(11)19-8-4-5-13(19)15(20)17-2/h6-7,9,13,18H,3-5,8,10H2,1-2H3,(H,17,20). The average Bonchev–Trinajstić information content (AvgIpc) is 2.94. The number of carbonyl (C=O) groups excluding carboxylic acids is 1. The van der Waals surface area contributed by atoms with Gasteiger partial charge < -0.3 is 15.5 Å². The predicted octanol–water partition coefficient (Wildman–Crippen LogP) is 2.16. The molecule has 110 valence electrons. The minimum absolute atomic E-state index is 0.0804. The van der Waals surface area contributed by atoms with Gasteiger partial charge in [0.1, 0.15) is 6.04 Å². The van der Waals surface area contributed by atoms with Crippen LogP contribution in [0.2, 0.25) is 5.02 Å². The molecular weight excluding hydrogens is 274 g/mol. The fourth-order valence-electron chi connectivity index (χ4n) is 2.71. The number of amides is 1. The maximum absolute atomic E-state index is 12.0. The number of nitrogens with one attached hydrogen (secondary N) is 2. The van der Waals surface area contributed by atoms with Crippen LogP contribution in [0, 0.1) is 0 Å². The second kappa shape index (κ2) is 6.95. The van der Waals surface area contributed by atoms with Crippen LogP contribution < -0.4 is 15.5 Å². The minimum atomic E-state index is -0.0844. The average molecular weight is 296 g/mol. The molecule has 0 saturated carbocycles. The summed E-state index contributed by atoms with van der Waals surface area (Å²) in [7, 11) is 1.69. The Hall–Kier alpha value is -1.26. The molecule has 1 amide bonds. The van der Waals surface area contributed by atoms with Crippen molar-refractivity contribution in [3.05, 3.63) is 28.8 Å². The number of rotatable bonds is 5. The van der Waals surface area contributed by atoms with E-state index in [4.69, 9.17) is 11.6 Å². The van der Waals surface area contributed by atoms with Gasteiger partial charge in [0, 0.05) is 30.8 Å². The second-order valence-electron chi connectivity index (χ2n) is 5.02. The van der Waals surface area contributed by atoms with Crippen LogP contribution in [0.4, 0.5) is 5.69 Å². The number of nitrogens with zero attached hydrogens (tertiary/aromatic N) is 1. The number of anilines is 1. The van der Waals surface area contributed by atoms with Crippen LogP contribution >= 0.6 is 11.6 Å². The zero-order valence-corrected chi connectivity index (χ0v) is 12.8. The van der Waals surface area contributed by atoms with Crippen LogP contribution in [-0.2, 0) is 11.3 Å². The molecule has 4 nitrogen and oxygen atoms in total. The van der Waals surface area contributed by atoms with Crippen molar-refractivity contribution in [1.82, 2.24) is 10.6 Å². The molecule has 1 aliphatic rings. The molecule has 1 aromatic carbocycles. The smallest absolute Gasteiger partial charge is 0.242 e. The lowest BCUT2D eigenvalue weighted by atomic mass is 10.1. The summed E-state index contributed by atoms with van der Waals surface area (Å²) in [6, 6.07) is 5.83. The Balaban J connectivity index is 2.29. The van der Waals surface area contributed by atoms with E-state index >= 15 is 0 Å². The first-order valence-corrected chi connectivity index (χ1v) is 7.52. The van der Waals surface area contributed by atoms with Crippen molar-refractivity contribution in [3.8, 4) is 0 Å². The fourth-order valence-corrected chi connectivity index (χ4v) is 2.87. The van der Waals surface area contributed by atoms with Gasteiger partial charge in [0.2, 0.25) is 5.91 Å². The lowest BCUT2D eigenvalue weighted by Gasteiger charge is -2.28. The molecule has 0 bridgehead atoms. The summed E-state index contributed by atoms with van der Waals surface area (Å²) in [5.74, 6) is 0.0804. The molecule has 2 rings (SSSR count). The largest absolute Gasteiger partial charge is 0.359 e. The van der Waals surface area contributed by atoms with Gasteiger partial charge in [0.05, 0.1) is 0 Å². The van der Waals surface area contributed by atoms with Crippen molar-refractivity contribution in [2.24, 2.45) is 0 Å². The highest BCUT2D eigenvalue weighted by Gasteiger charge is 2.31. The molecule has 0 radical (unpaired) electrons. The Labute approximate surface area is 125 Å². The summed E-state index contributed by atoms with van der Waals surface area (Å²) in [5.41, 5.74) is 2.26. The van der Waals surface area contributed by atoms with Gasteiger partial charge in [-0.25, -0.2) is 0 Å². The number of halogens is 1. The summed E-state index contributed by atoms with van der Waals surface area (Å²) < 4.78 is 0. The van der Waals surface area contributed by atoms with E-state index < -0.39 is 0 Å². The van der Waals surface area contributed by atoms with Crippen molar-refractivity contribution in [2.75, 3.05) is 25.0 Å². The summed E-state index contributed by atoms with van der Waals surface area (Å²) in [6.45, 7) is 4.69. The van der Waals surface area contributed by atoms with Gasteiger partial charge >= 0.3 is 0 Å². The molecule has 1 unspecified atom stereocenters. The molecule has 1 aliphatic heterocycles. The predicted molar refractivity (Wildman–Crippen MR) is 83.3 cm³/mol. The third-order valence-electron chi connectivity index (χ3n) is 3.72. The number of hydrogen-bond acceptors (Lipinski definition) is 3. The van der Waals surface area contributed by atoms with Crippen molar-refractivity contribution in [1.29, 1.82) is 0 Å². The van der Waals surface area contributed by atoms with Gasteiger partial charge in [-0.15, -0.1) is 0 Å².